The molecule has 0 aromatic carbocycles. The minimum absolute atomic E-state index is 0.0211. The Morgan fingerprint density at radius 1 is 0.860 bits per heavy atom. The van der Waals surface area contributed by atoms with Crippen LogP contribution in [0.3, 0.4) is 0 Å². The lowest BCUT2D eigenvalue weighted by Crippen LogP contribution is -2.59. The van der Waals surface area contributed by atoms with Gasteiger partial charge in [0.2, 0.25) is 23.5 Å². The third-order valence-corrected chi connectivity index (χ3v) is 10.8. The number of carbonyl (C=O) groups excluding carboxylic acids is 6. The van der Waals surface area contributed by atoms with E-state index in [0.29, 0.717) is 25.5 Å². The SMILES string of the molecule is CCCC(NC(=O)[C@H]1C[C@H](Oc2ccc(C(F)(F)F)cn2)CC1C(=O)C(NC(=O)C(NC(=O)c1cnccn1)C1CCCCC1)C(C)(C)C)C(=O)C(=O)NC1CC1. The number of ether oxygens (including phenoxy) is 1. The Morgan fingerprint density at radius 3 is 2.14 bits per heavy atom. The molecule has 0 aliphatic heterocycles. The van der Waals surface area contributed by atoms with E-state index in [1.54, 1.807) is 27.7 Å². The summed E-state index contributed by atoms with van der Waals surface area (Å²) in [6, 6.07) is -1.57. The van der Waals surface area contributed by atoms with E-state index in [2.05, 4.69) is 36.2 Å². The lowest BCUT2D eigenvalue weighted by Gasteiger charge is -2.36. The van der Waals surface area contributed by atoms with Gasteiger partial charge in [-0.3, -0.25) is 33.8 Å². The van der Waals surface area contributed by atoms with E-state index in [-0.39, 0.29) is 42.8 Å². The van der Waals surface area contributed by atoms with E-state index >= 15 is 0 Å². The fourth-order valence-corrected chi connectivity index (χ4v) is 7.62. The molecule has 4 unspecified atom stereocenters. The number of nitrogens with one attached hydrogen (secondary N) is 4. The van der Waals surface area contributed by atoms with Crippen LogP contribution in [0.1, 0.15) is 114 Å². The summed E-state index contributed by atoms with van der Waals surface area (Å²) in [5.41, 5.74) is -1.87. The lowest BCUT2D eigenvalue weighted by molar-refractivity contribution is -0.141. The van der Waals surface area contributed by atoms with Crippen LogP contribution >= 0.6 is 0 Å². The van der Waals surface area contributed by atoms with Gasteiger partial charge in [0, 0.05) is 36.6 Å². The van der Waals surface area contributed by atoms with Crippen molar-refractivity contribution < 1.29 is 46.7 Å². The number of aromatic nitrogens is 3. The highest BCUT2D eigenvalue weighted by atomic mass is 19.4. The highest BCUT2D eigenvalue weighted by Gasteiger charge is 2.49. The summed E-state index contributed by atoms with van der Waals surface area (Å²) in [5, 5.41) is 11.1. The van der Waals surface area contributed by atoms with Gasteiger partial charge in [-0.15, -0.1) is 0 Å². The fourth-order valence-electron chi connectivity index (χ4n) is 7.62. The summed E-state index contributed by atoms with van der Waals surface area (Å²) in [6.45, 7) is 7.05. The molecule has 0 saturated heterocycles. The molecule has 4 N–H and O–H groups in total. The number of hydrogen-bond donors (Lipinski definition) is 4. The predicted octanol–water partition coefficient (Wildman–Crippen LogP) is 4.28. The first-order chi connectivity index (χ1) is 27.0. The number of carbonyl (C=O) groups is 6. The zero-order chi connectivity index (χ0) is 41.5. The predicted molar refractivity (Wildman–Crippen MR) is 199 cm³/mol. The molecule has 2 aromatic rings. The largest absolute Gasteiger partial charge is 0.474 e. The van der Waals surface area contributed by atoms with Crippen LogP contribution in [0.5, 0.6) is 5.88 Å². The van der Waals surface area contributed by atoms with Crippen molar-refractivity contribution in [3.05, 3.63) is 48.2 Å². The monoisotopic (exact) mass is 799 g/mol. The molecule has 2 heterocycles. The van der Waals surface area contributed by atoms with Crippen molar-refractivity contribution >= 4 is 35.2 Å². The van der Waals surface area contributed by atoms with Crippen LogP contribution in [0.4, 0.5) is 13.2 Å². The second-order valence-corrected chi connectivity index (χ2v) is 16.4. The van der Waals surface area contributed by atoms with Gasteiger partial charge in [-0.05, 0) is 62.3 Å². The molecule has 3 aliphatic rings. The number of pyridine rings is 1. The summed E-state index contributed by atoms with van der Waals surface area (Å²) in [7, 11) is 0. The van der Waals surface area contributed by atoms with Crippen LogP contribution in [0, 0.1) is 23.2 Å². The third-order valence-electron chi connectivity index (χ3n) is 10.8. The first-order valence-corrected chi connectivity index (χ1v) is 19.7. The van der Waals surface area contributed by atoms with Gasteiger partial charge < -0.3 is 26.0 Å². The number of hydrogen-bond acceptors (Lipinski definition) is 10. The molecule has 57 heavy (non-hydrogen) atoms. The Bertz CT molecular complexity index is 1760. The van der Waals surface area contributed by atoms with Gasteiger partial charge >= 0.3 is 6.18 Å². The Labute approximate surface area is 329 Å². The molecule has 5 rings (SSSR count). The molecule has 2 aromatic heterocycles. The van der Waals surface area contributed by atoms with E-state index in [4.69, 9.17) is 4.74 Å². The summed E-state index contributed by atoms with van der Waals surface area (Å²) in [5.74, 6) is -6.54. The summed E-state index contributed by atoms with van der Waals surface area (Å²) < 4.78 is 45.6. The first-order valence-electron chi connectivity index (χ1n) is 19.7. The summed E-state index contributed by atoms with van der Waals surface area (Å²) in [6.07, 6.45) is 5.24. The summed E-state index contributed by atoms with van der Waals surface area (Å²) in [4.78, 5) is 94.1. The Kier molecular flexibility index (Phi) is 14.0. The highest BCUT2D eigenvalue weighted by Crippen LogP contribution is 2.39. The molecular weight excluding hydrogens is 747 g/mol. The van der Waals surface area contributed by atoms with E-state index in [1.165, 1.54) is 18.6 Å². The lowest BCUT2D eigenvalue weighted by atomic mass is 9.76. The van der Waals surface area contributed by atoms with Crippen LogP contribution in [-0.4, -0.2) is 80.4 Å². The van der Waals surface area contributed by atoms with Crippen molar-refractivity contribution in [2.24, 2.45) is 23.2 Å². The van der Waals surface area contributed by atoms with E-state index < -0.39 is 88.4 Å². The standard InChI is InChI=1S/C40H52F3N7O7/c1-5-9-28(33(52)38(56)47-24-13-14-24)48-35(53)27-19-25(57-30-15-12-23(20-46-30)40(41,42)43)18-26(27)32(51)34(39(2,3)4)50-37(55)31(22-10-7-6-8-11-22)49-36(54)29-21-44-16-17-45-29/h12,15-17,20-22,24-28,31,34H,5-11,13-14,18-19H2,1-4H3,(H,47,56)(H,48,53)(H,49,54)(H,50,55)/t25-,26?,27+,28?,31?,34?/m1/s1. The van der Waals surface area contributed by atoms with Crippen molar-refractivity contribution in [3.8, 4) is 5.88 Å². The van der Waals surface area contributed by atoms with Crippen LogP contribution in [0.15, 0.2) is 36.9 Å². The number of alkyl halides is 3. The van der Waals surface area contributed by atoms with Crippen molar-refractivity contribution in [1.82, 2.24) is 36.2 Å². The van der Waals surface area contributed by atoms with Gasteiger partial charge in [-0.2, -0.15) is 13.2 Å². The number of nitrogens with zero attached hydrogens (tertiary/aromatic N) is 3. The fraction of sp³-hybridized carbons (Fsp3) is 0.625. The molecule has 14 nitrogen and oxygen atoms in total. The van der Waals surface area contributed by atoms with Gasteiger partial charge in [0.15, 0.2) is 5.78 Å². The van der Waals surface area contributed by atoms with Crippen molar-refractivity contribution in [1.29, 1.82) is 0 Å². The van der Waals surface area contributed by atoms with Gasteiger partial charge in [-0.1, -0.05) is 53.4 Å². The maximum absolute atomic E-state index is 14.8. The Balaban J connectivity index is 1.41. The van der Waals surface area contributed by atoms with E-state index in [9.17, 15) is 41.9 Å². The Morgan fingerprint density at radius 2 is 1.56 bits per heavy atom. The van der Waals surface area contributed by atoms with Gasteiger partial charge in [0.05, 0.1) is 29.8 Å². The molecule has 0 radical (unpaired) electrons. The second-order valence-electron chi connectivity index (χ2n) is 16.4. The zero-order valence-electron chi connectivity index (χ0n) is 32.7. The van der Waals surface area contributed by atoms with Crippen LogP contribution in [0.25, 0.3) is 0 Å². The molecule has 6 atom stereocenters. The van der Waals surface area contributed by atoms with Gasteiger partial charge in [0.1, 0.15) is 17.8 Å². The van der Waals surface area contributed by atoms with Gasteiger partial charge in [0.25, 0.3) is 11.8 Å². The molecule has 4 amide bonds. The molecule has 3 aliphatic carbocycles. The number of ketones is 2. The topological polar surface area (TPSA) is 198 Å². The van der Waals surface area contributed by atoms with Crippen LogP contribution in [-0.2, 0) is 30.1 Å². The molecule has 0 spiro atoms. The maximum Gasteiger partial charge on any atom is 0.417 e. The van der Waals surface area contributed by atoms with Crippen molar-refractivity contribution in [2.45, 2.75) is 135 Å². The smallest absolute Gasteiger partial charge is 0.417 e. The van der Waals surface area contributed by atoms with Crippen LogP contribution in [0.2, 0.25) is 0 Å². The molecule has 3 fully saturated rings. The van der Waals surface area contributed by atoms with Gasteiger partial charge in [-0.25, -0.2) is 9.97 Å². The molecular formula is C40H52F3N7O7. The average Bonchev–Trinajstić information content (AvgIpc) is 3.90. The average molecular weight is 800 g/mol. The maximum atomic E-state index is 14.8. The number of rotatable bonds is 16. The highest BCUT2D eigenvalue weighted by molar-refractivity contribution is 6.38. The van der Waals surface area contributed by atoms with Crippen molar-refractivity contribution in [2.75, 3.05) is 0 Å². The Hall–Kier alpha value is -4.96. The molecule has 310 valence electrons. The normalized spacial score (nSPS) is 21.7. The number of Topliss-reactive ketones (excluding diaryl/α,β-unsaturated/α-hetero) is 2. The quantitative estimate of drug-likeness (QED) is 0.178. The first kappa shape index (κ1) is 43.2. The van der Waals surface area contributed by atoms with Crippen LogP contribution < -0.4 is 26.0 Å². The molecule has 3 saturated carbocycles. The minimum Gasteiger partial charge on any atom is -0.474 e. The minimum atomic E-state index is -4.62. The van der Waals surface area contributed by atoms with E-state index in [0.717, 1.165) is 44.2 Å². The van der Waals surface area contributed by atoms with E-state index in [1.807, 2.05) is 0 Å². The molecule has 0 bridgehead atoms. The number of halogens is 3. The second kappa shape index (κ2) is 18.5. The zero-order valence-corrected chi connectivity index (χ0v) is 32.7. The number of amides is 4. The van der Waals surface area contributed by atoms with Crippen molar-refractivity contribution in [3.63, 3.8) is 0 Å². The molecule has 17 heteroatoms. The third kappa shape index (κ3) is 11.6. The summed E-state index contributed by atoms with van der Waals surface area (Å²) >= 11 is 0.